The highest BCUT2D eigenvalue weighted by atomic mass is 35.5. The lowest BCUT2D eigenvalue weighted by Crippen LogP contribution is -2.03. The molecule has 1 N–H and O–H groups in total. The van der Waals surface area contributed by atoms with Crippen LogP contribution in [0.4, 0.5) is 10.1 Å². The van der Waals surface area contributed by atoms with Crippen LogP contribution in [0.3, 0.4) is 0 Å². The van der Waals surface area contributed by atoms with Gasteiger partial charge in [-0.3, -0.25) is 0 Å². The Morgan fingerprint density at radius 2 is 1.86 bits per heavy atom. The van der Waals surface area contributed by atoms with Gasteiger partial charge in [-0.15, -0.1) is 0 Å². The summed E-state index contributed by atoms with van der Waals surface area (Å²) in [6.45, 7) is 3.16. The van der Waals surface area contributed by atoms with Crippen LogP contribution in [0.25, 0.3) is 0 Å². The van der Waals surface area contributed by atoms with Crippen molar-refractivity contribution in [1.29, 1.82) is 0 Å². The lowest BCUT2D eigenvalue weighted by Gasteiger charge is -2.14. The number of ether oxygens (including phenoxy) is 2. The van der Waals surface area contributed by atoms with E-state index in [-0.39, 0.29) is 5.82 Å². The fourth-order valence-electron chi connectivity index (χ4n) is 1.96. The molecule has 0 radical (unpaired) electrons. The number of nitrogens with one attached hydrogen (secondary N) is 1. The Morgan fingerprint density at radius 3 is 2.50 bits per heavy atom. The summed E-state index contributed by atoms with van der Waals surface area (Å²) in [4.78, 5) is 0. The molecule has 118 valence electrons. The van der Waals surface area contributed by atoms with Gasteiger partial charge in [0.15, 0.2) is 11.5 Å². The predicted octanol–water partition coefficient (Wildman–Crippen LogP) is 4.89. The molecule has 0 saturated heterocycles. The van der Waals surface area contributed by atoms with Crippen molar-refractivity contribution in [2.75, 3.05) is 19.0 Å². The van der Waals surface area contributed by atoms with Gasteiger partial charge in [-0.1, -0.05) is 18.5 Å². The van der Waals surface area contributed by atoms with E-state index >= 15 is 0 Å². The van der Waals surface area contributed by atoms with Gasteiger partial charge in [0, 0.05) is 23.3 Å². The van der Waals surface area contributed by atoms with Gasteiger partial charge in [-0.2, -0.15) is 0 Å². The molecular formula is C17H19ClFNO2. The minimum absolute atomic E-state index is 0.261. The van der Waals surface area contributed by atoms with Crippen LogP contribution < -0.4 is 14.8 Å². The highest BCUT2D eigenvalue weighted by Gasteiger charge is 2.10. The molecule has 2 rings (SSSR count). The number of hydrogen-bond donors (Lipinski definition) is 1. The van der Waals surface area contributed by atoms with E-state index in [0.717, 1.165) is 17.7 Å². The van der Waals surface area contributed by atoms with Crippen LogP contribution in [0.5, 0.6) is 11.5 Å². The van der Waals surface area contributed by atoms with Gasteiger partial charge in [-0.05, 0) is 42.3 Å². The maximum atomic E-state index is 12.9. The van der Waals surface area contributed by atoms with Gasteiger partial charge in [0.05, 0.1) is 13.7 Å². The van der Waals surface area contributed by atoms with Gasteiger partial charge < -0.3 is 14.8 Å². The third-order valence-corrected chi connectivity index (χ3v) is 3.47. The van der Waals surface area contributed by atoms with Crippen molar-refractivity contribution in [1.82, 2.24) is 0 Å². The van der Waals surface area contributed by atoms with E-state index in [1.165, 1.54) is 12.1 Å². The van der Waals surface area contributed by atoms with Crippen LogP contribution in [-0.2, 0) is 6.54 Å². The van der Waals surface area contributed by atoms with Crippen LogP contribution in [0, 0.1) is 5.82 Å². The van der Waals surface area contributed by atoms with Crippen molar-refractivity contribution < 1.29 is 13.9 Å². The molecule has 2 aromatic rings. The summed E-state index contributed by atoms with van der Waals surface area (Å²) in [5, 5.41) is 3.79. The molecule has 0 aliphatic heterocycles. The smallest absolute Gasteiger partial charge is 0.162 e. The lowest BCUT2D eigenvalue weighted by atomic mass is 10.2. The average molecular weight is 324 g/mol. The zero-order valence-electron chi connectivity index (χ0n) is 12.7. The average Bonchev–Trinajstić information content (AvgIpc) is 2.53. The van der Waals surface area contributed by atoms with Gasteiger partial charge in [-0.25, -0.2) is 4.39 Å². The lowest BCUT2D eigenvalue weighted by molar-refractivity contribution is 0.294. The van der Waals surface area contributed by atoms with Crippen LogP contribution in [0.2, 0.25) is 5.02 Å². The van der Waals surface area contributed by atoms with E-state index in [9.17, 15) is 4.39 Å². The summed E-state index contributed by atoms with van der Waals surface area (Å²) in [6.07, 6.45) is 0.911. The summed E-state index contributed by atoms with van der Waals surface area (Å²) < 4.78 is 23.8. The highest BCUT2D eigenvalue weighted by molar-refractivity contribution is 6.31. The van der Waals surface area contributed by atoms with E-state index in [4.69, 9.17) is 21.1 Å². The topological polar surface area (TPSA) is 30.5 Å². The second-order valence-corrected chi connectivity index (χ2v) is 5.21. The first kappa shape index (κ1) is 16.4. The Morgan fingerprint density at radius 1 is 1.14 bits per heavy atom. The normalized spacial score (nSPS) is 10.4. The largest absolute Gasteiger partial charge is 0.493 e. The Hall–Kier alpha value is -1.94. The van der Waals surface area contributed by atoms with E-state index < -0.39 is 0 Å². The monoisotopic (exact) mass is 323 g/mol. The molecular weight excluding hydrogens is 305 g/mol. The molecule has 0 saturated carbocycles. The number of halogens is 2. The molecule has 2 aromatic carbocycles. The van der Waals surface area contributed by atoms with Crippen molar-refractivity contribution in [3.63, 3.8) is 0 Å². The summed E-state index contributed by atoms with van der Waals surface area (Å²) in [5.41, 5.74) is 1.70. The summed E-state index contributed by atoms with van der Waals surface area (Å²) in [7, 11) is 1.60. The molecule has 0 atom stereocenters. The molecule has 0 aliphatic rings. The molecule has 0 unspecified atom stereocenters. The van der Waals surface area contributed by atoms with Gasteiger partial charge >= 0.3 is 0 Å². The molecule has 0 aliphatic carbocycles. The third-order valence-electron chi connectivity index (χ3n) is 3.12. The van der Waals surface area contributed by atoms with Gasteiger partial charge in [0.25, 0.3) is 0 Å². The first-order chi connectivity index (χ1) is 10.6. The second kappa shape index (κ2) is 7.90. The Labute approximate surface area is 135 Å². The Balaban J connectivity index is 2.11. The van der Waals surface area contributed by atoms with E-state index in [1.807, 2.05) is 13.0 Å². The Bertz CT molecular complexity index is 617. The molecule has 0 bridgehead atoms. The first-order valence-electron chi connectivity index (χ1n) is 7.12. The number of anilines is 1. The number of methoxy groups -OCH3 is 1. The van der Waals surface area contributed by atoms with E-state index in [1.54, 1.807) is 25.3 Å². The summed E-state index contributed by atoms with van der Waals surface area (Å²) in [6, 6.07) is 9.79. The van der Waals surface area contributed by atoms with Gasteiger partial charge in [0.1, 0.15) is 5.82 Å². The fraction of sp³-hybridized carbons (Fsp3) is 0.294. The van der Waals surface area contributed by atoms with Crippen molar-refractivity contribution in [2.45, 2.75) is 19.9 Å². The minimum Gasteiger partial charge on any atom is -0.493 e. The molecule has 0 aromatic heterocycles. The standard InChI is InChI=1S/C17H19ClFNO2/c1-3-8-22-17-10-15(18)12(9-16(17)21-2)11-20-14-6-4-13(19)5-7-14/h4-7,9-10,20H,3,8,11H2,1-2H3. The zero-order valence-corrected chi connectivity index (χ0v) is 13.4. The molecule has 0 heterocycles. The predicted molar refractivity (Wildman–Crippen MR) is 87.5 cm³/mol. The maximum Gasteiger partial charge on any atom is 0.162 e. The Kier molecular flexibility index (Phi) is 5.90. The summed E-state index contributed by atoms with van der Waals surface area (Å²) in [5.74, 6) is 1.02. The number of benzene rings is 2. The van der Waals surface area contributed by atoms with Crippen molar-refractivity contribution in [3.8, 4) is 11.5 Å². The zero-order chi connectivity index (χ0) is 15.9. The minimum atomic E-state index is -0.261. The highest BCUT2D eigenvalue weighted by Crippen LogP contribution is 2.33. The SMILES string of the molecule is CCCOc1cc(Cl)c(CNc2ccc(F)cc2)cc1OC. The van der Waals surface area contributed by atoms with Crippen LogP contribution in [0.1, 0.15) is 18.9 Å². The fourth-order valence-corrected chi connectivity index (χ4v) is 2.18. The molecule has 0 spiro atoms. The van der Waals surface area contributed by atoms with Crippen LogP contribution in [0.15, 0.2) is 36.4 Å². The molecule has 0 fully saturated rings. The van der Waals surface area contributed by atoms with Crippen molar-refractivity contribution in [2.24, 2.45) is 0 Å². The number of rotatable bonds is 7. The number of hydrogen-bond acceptors (Lipinski definition) is 3. The summed E-state index contributed by atoms with van der Waals surface area (Å²) >= 11 is 6.29. The van der Waals surface area contributed by atoms with Crippen molar-refractivity contribution in [3.05, 3.63) is 52.8 Å². The maximum absolute atomic E-state index is 12.9. The molecule has 5 heteroatoms. The van der Waals surface area contributed by atoms with E-state index in [2.05, 4.69) is 5.32 Å². The second-order valence-electron chi connectivity index (χ2n) is 4.80. The third kappa shape index (κ3) is 4.28. The van der Waals surface area contributed by atoms with Gasteiger partial charge in [0.2, 0.25) is 0 Å². The van der Waals surface area contributed by atoms with Crippen molar-refractivity contribution >= 4 is 17.3 Å². The molecule has 3 nitrogen and oxygen atoms in total. The molecule has 22 heavy (non-hydrogen) atoms. The quantitative estimate of drug-likeness (QED) is 0.787. The van der Waals surface area contributed by atoms with Crippen LogP contribution >= 0.6 is 11.6 Å². The first-order valence-corrected chi connectivity index (χ1v) is 7.50. The van der Waals surface area contributed by atoms with Crippen LogP contribution in [-0.4, -0.2) is 13.7 Å². The molecule has 0 amide bonds. The van der Waals surface area contributed by atoms with E-state index in [0.29, 0.717) is 29.7 Å².